The molecule has 0 aromatic heterocycles. The molecule has 1 aliphatic carbocycles. The Balaban J connectivity index is 2.50. The molecule has 0 aromatic carbocycles. The summed E-state index contributed by atoms with van der Waals surface area (Å²) >= 11 is 1.02. The van der Waals surface area contributed by atoms with E-state index in [-0.39, 0.29) is 12.1 Å². The van der Waals surface area contributed by atoms with Crippen LogP contribution in [0.25, 0.3) is 0 Å². The summed E-state index contributed by atoms with van der Waals surface area (Å²) < 4.78 is 9.85. The summed E-state index contributed by atoms with van der Waals surface area (Å²) in [5, 5.41) is 11.6. The monoisotopic (exact) mass is 321 g/mol. The molecule has 21 heavy (non-hydrogen) atoms. The van der Waals surface area contributed by atoms with Crippen LogP contribution in [0.3, 0.4) is 0 Å². The first-order chi connectivity index (χ1) is 9.94. The maximum atomic E-state index is 12.4. The number of hydrogen-bond donors (Lipinski definition) is 1. The number of ether oxygens (including phenoxy) is 1. The van der Waals surface area contributed by atoms with E-state index in [0.29, 0.717) is 12.3 Å². The van der Waals surface area contributed by atoms with E-state index in [1.54, 1.807) is 0 Å². The molecule has 1 rings (SSSR count). The van der Waals surface area contributed by atoms with E-state index in [1.165, 1.54) is 19.3 Å². The maximum absolute atomic E-state index is 12.4. The van der Waals surface area contributed by atoms with Crippen molar-refractivity contribution < 1.29 is 24.2 Å². The molecule has 0 spiro atoms. The van der Waals surface area contributed by atoms with E-state index in [9.17, 15) is 4.79 Å². The Morgan fingerprint density at radius 1 is 1.29 bits per heavy atom. The number of hydrogen-bond acceptors (Lipinski definition) is 6. The number of carbonyl (C=O) groups excluding carboxylic acids is 1. The molecule has 1 fully saturated rings. The fourth-order valence-corrected chi connectivity index (χ4v) is 2.84. The van der Waals surface area contributed by atoms with E-state index < -0.39 is 5.60 Å². The van der Waals surface area contributed by atoms with Crippen molar-refractivity contribution in [2.45, 2.75) is 70.9 Å². The average Bonchev–Trinajstić information content (AvgIpc) is 2.41. The number of nitrogens with zero attached hydrogens (tertiary/aromatic N) is 1. The van der Waals surface area contributed by atoms with Crippen LogP contribution in [-0.4, -0.2) is 40.2 Å². The summed E-state index contributed by atoms with van der Waals surface area (Å²) in [5.41, 5.74) is -0.480. The summed E-state index contributed by atoms with van der Waals surface area (Å²) in [7, 11) is 0. The van der Waals surface area contributed by atoms with Gasteiger partial charge in [0.1, 0.15) is 5.60 Å². The summed E-state index contributed by atoms with van der Waals surface area (Å²) in [6.45, 7) is 6.27. The lowest BCUT2D eigenvalue weighted by Crippen LogP contribution is -2.44. The predicted molar refractivity (Wildman–Crippen MR) is 81.7 cm³/mol. The van der Waals surface area contributed by atoms with Crippen LogP contribution in [0, 0.1) is 0 Å². The highest BCUT2D eigenvalue weighted by molar-refractivity contribution is 7.94. The molecule has 1 N–H and O–H groups in total. The van der Waals surface area contributed by atoms with Gasteiger partial charge in [-0.25, -0.2) is 10.1 Å². The molecule has 0 unspecified atom stereocenters. The Morgan fingerprint density at radius 2 is 1.95 bits per heavy atom. The third-order valence-corrected chi connectivity index (χ3v) is 3.96. The van der Waals surface area contributed by atoms with Crippen LogP contribution in [0.5, 0.6) is 0 Å². The minimum Gasteiger partial charge on any atom is -0.444 e. The third kappa shape index (κ3) is 7.90. The Kier molecular flexibility index (Phi) is 8.39. The third-order valence-electron chi connectivity index (χ3n) is 3.35. The molecule has 6 nitrogen and oxygen atoms in total. The number of amides is 1. The first kappa shape index (κ1) is 18.5. The summed E-state index contributed by atoms with van der Waals surface area (Å²) in [6, 6.07) is 0.272. The van der Waals surface area contributed by atoms with Gasteiger partial charge in [0.15, 0.2) is 0 Å². The van der Waals surface area contributed by atoms with Crippen molar-refractivity contribution in [3.8, 4) is 0 Å². The van der Waals surface area contributed by atoms with Crippen LogP contribution < -0.4 is 0 Å². The lowest BCUT2D eigenvalue weighted by Gasteiger charge is -2.35. The van der Waals surface area contributed by atoms with Crippen LogP contribution in [0.1, 0.15) is 59.3 Å². The first-order valence-corrected chi connectivity index (χ1v) is 8.44. The molecule has 0 bridgehead atoms. The van der Waals surface area contributed by atoms with Crippen molar-refractivity contribution >= 4 is 18.1 Å². The topological polar surface area (TPSA) is 68.2 Å². The van der Waals surface area contributed by atoms with E-state index in [0.717, 1.165) is 31.3 Å². The normalized spacial score (nSPS) is 16.8. The Hall–Kier alpha value is -0.500. The molecule has 1 aliphatic rings. The standard InChI is InChI=1S/C14H27NO5S/c1-14(2,3)18-13(16)15(10-7-11-21-20-19-17)12-8-5-4-6-9-12/h12,17H,4-11H2,1-3H3. The van der Waals surface area contributed by atoms with Gasteiger partial charge in [-0.05, 0) is 40.0 Å². The zero-order chi connectivity index (χ0) is 15.7. The van der Waals surface area contributed by atoms with Crippen molar-refractivity contribution in [1.82, 2.24) is 4.90 Å². The Morgan fingerprint density at radius 3 is 2.52 bits per heavy atom. The molecule has 0 saturated heterocycles. The second-order valence-electron chi connectivity index (χ2n) is 6.28. The highest BCUT2D eigenvalue weighted by Crippen LogP contribution is 2.24. The van der Waals surface area contributed by atoms with E-state index in [1.807, 2.05) is 25.7 Å². The zero-order valence-electron chi connectivity index (χ0n) is 13.2. The molecule has 1 saturated carbocycles. The summed E-state index contributed by atoms with van der Waals surface area (Å²) in [6.07, 6.45) is 6.18. The fraction of sp³-hybridized carbons (Fsp3) is 0.929. The number of carbonyl (C=O) groups is 1. The Labute approximate surface area is 131 Å². The van der Waals surface area contributed by atoms with Gasteiger partial charge in [0, 0.05) is 30.4 Å². The van der Waals surface area contributed by atoms with Crippen molar-refractivity contribution in [3.63, 3.8) is 0 Å². The summed E-state index contributed by atoms with van der Waals surface area (Å²) in [4.78, 5) is 14.2. The highest BCUT2D eigenvalue weighted by Gasteiger charge is 2.28. The van der Waals surface area contributed by atoms with Crippen LogP contribution >= 0.6 is 12.0 Å². The SMILES string of the molecule is CC(C)(C)OC(=O)N(CCCSOOO)C1CCCCC1. The molecular formula is C14H27NO5S. The van der Waals surface area contributed by atoms with Crippen LogP contribution in [0.2, 0.25) is 0 Å². The summed E-state index contributed by atoms with van der Waals surface area (Å²) in [5.74, 6) is 0.632. The van der Waals surface area contributed by atoms with Crippen molar-refractivity contribution in [2.75, 3.05) is 12.3 Å². The molecule has 1 amide bonds. The molecule has 0 radical (unpaired) electrons. The molecule has 0 aliphatic heterocycles. The van der Waals surface area contributed by atoms with E-state index >= 15 is 0 Å². The molecule has 0 heterocycles. The van der Waals surface area contributed by atoms with Gasteiger partial charge in [-0.3, -0.25) is 0 Å². The lowest BCUT2D eigenvalue weighted by atomic mass is 9.94. The van der Waals surface area contributed by atoms with Gasteiger partial charge >= 0.3 is 6.09 Å². The molecular weight excluding hydrogens is 294 g/mol. The average molecular weight is 321 g/mol. The maximum Gasteiger partial charge on any atom is 0.410 e. The van der Waals surface area contributed by atoms with Gasteiger partial charge in [-0.2, -0.15) is 0 Å². The smallest absolute Gasteiger partial charge is 0.410 e. The lowest BCUT2D eigenvalue weighted by molar-refractivity contribution is -0.432. The highest BCUT2D eigenvalue weighted by atomic mass is 32.2. The van der Waals surface area contributed by atoms with Crippen LogP contribution in [0.4, 0.5) is 4.79 Å². The minimum atomic E-state index is -0.480. The molecule has 124 valence electrons. The molecule has 0 atom stereocenters. The van der Waals surface area contributed by atoms with E-state index in [4.69, 9.17) is 9.99 Å². The van der Waals surface area contributed by atoms with Crippen molar-refractivity contribution in [2.24, 2.45) is 0 Å². The van der Waals surface area contributed by atoms with Gasteiger partial charge < -0.3 is 9.64 Å². The predicted octanol–water partition coefficient (Wildman–Crippen LogP) is 4.02. The quantitative estimate of drug-likeness (QED) is 0.331. The number of rotatable bonds is 7. The van der Waals surface area contributed by atoms with Gasteiger partial charge in [-0.1, -0.05) is 24.3 Å². The van der Waals surface area contributed by atoms with Gasteiger partial charge in [0.2, 0.25) is 0 Å². The second kappa shape index (κ2) is 9.50. The van der Waals surface area contributed by atoms with Gasteiger partial charge in [-0.15, -0.1) is 4.33 Å². The fourth-order valence-electron chi connectivity index (χ4n) is 2.49. The Bertz CT molecular complexity index is 302. The van der Waals surface area contributed by atoms with Crippen LogP contribution in [0.15, 0.2) is 0 Å². The van der Waals surface area contributed by atoms with Crippen LogP contribution in [-0.2, 0) is 14.1 Å². The van der Waals surface area contributed by atoms with Crippen molar-refractivity contribution in [3.05, 3.63) is 0 Å². The minimum absolute atomic E-state index is 0.237. The van der Waals surface area contributed by atoms with Gasteiger partial charge in [0.25, 0.3) is 0 Å². The zero-order valence-corrected chi connectivity index (χ0v) is 14.0. The van der Waals surface area contributed by atoms with Crippen molar-refractivity contribution in [1.29, 1.82) is 0 Å². The van der Waals surface area contributed by atoms with E-state index in [2.05, 4.69) is 9.37 Å². The second-order valence-corrected chi connectivity index (χ2v) is 7.06. The first-order valence-electron chi connectivity index (χ1n) is 7.53. The molecule has 7 heteroatoms. The molecule has 0 aromatic rings. The largest absolute Gasteiger partial charge is 0.444 e. The van der Waals surface area contributed by atoms with Gasteiger partial charge in [0.05, 0.1) is 0 Å².